The van der Waals surface area contributed by atoms with Crippen molar-refractivity contribution in [2.24, 2.45) is 11.7 Å². The molecule has 0 saturated carbocycles. The van der Waals surface area contributed by atoms with Gasteiger partial charge in [0.1, 0.15) is 0 Å². The summed E-state index contributed by atoms with van der Waals surface area (Å²) in [5.41, 5.74) is 7.77. The summed E-state index contributed by atoms with van der Waals surface area (Å²) in [5.74, 6) is 0.0266. The van der Waals surface area contributed by atoms with Gasteiger partial charge in [0.05, 0.1) is 0 Å². The minimum Gasteiger partial charge on any atom is -0.355 e. The average molecular weight is 277 g/mol. The minimum atomic E-state index is -0.139. The molecule has 0 bridgehead atoms. The van der Waals surface area contributed by atoms with Crippen LogP contribution >= 0.6 is 0 Å². The Kier molecular flexibility index (Phi) is 6.18. The fourth-order valence-electron chi connectivity index (χ4n) is 1.95. The van der Waals surface area contributed by atoms with Crippen molar-refractivity contribution >= 4 is 17.5 Å². The minimum absolute atomic E-state index is 0.0434. The van der Waals surface area contributed by atoms with E-state index in [4.69, 9.17) is 5.73 Å². The van der Waals surface area contributed by atoms with Crippen molar-refractivity contribution in [2.45, 2.75) is 26.7 Å². The lowest BCUT2D eigenvalue weighted by Crippen LogP contribution is -2.22. The van der Waals surface area contributed by atoms with Gasteiger partial charge in [0.25, 0.3) is 5.91 Å². The van der Waals surface area contributed by atoms with Crippen LogP contribution in [0.15, 0.2) is 18.2 Å². The van der Waals surface area contributed by atoms with Crippen LogP contribution in [0.2, 0.25) is 0 Å². The Morgan fingerprint density at radius 3 is 2.55 bits per heavy atom. The van der Waals surface area contributed by atoms with Crippen molar-refractivity contribution in [3.63, 3.8) is 0 Å². The average Bonchev–Trinajstić information content (AvgIpc) is 2.45. The molecule has 1 aromatic rings. The molecule has 1 atom stereocenters. The maximum Gasteiger partial charge on any atom is 0.251 e. The number of hydrogen-bond acceptors (Lipinski definition) is 3. The van der Waals surface area contributed by atoms with Crippen LogP contribution in [0, 0.1) is 12.8 Å². The fourth-order valence-corrected chi connectivity index (χ4v) is 1.95. The highest BCUT2D eigenvalue weighted by atomic mass is 16.2. The molecule has 0 spiro atoms. The second-order valence-electron chi connectivity index (χ2n) is 4.87. The molecule has 5 heteroatoms. The van der Waals surface area contributed by atoms with E-state index in [0.717, 1.165) is 17.7 Å². The number of carbonyl (C=O) groups is 2. The number of rotatable bonds is 6. The maximum atomic E-state index is 11.9. The van der Waals surface area contributed by atoms with E-state index in [1.165, 1.54) is 0 Å². The third kappa shape index (κ3) is 4.35. The topological polar surface area (TPSA) is 84.2 Å². The number of carbonyl (C=O) groups excluding carboxylic acids is 2. The molecule has 0 aliphatic carbocycles. The summed E-state index contributed by atoms with van der Waals surface area (Å²) in [5, 5.41) is 5.44. The van der Waals surface area contributed by atoms with Crippen molar-refractivity contribution in [3.05, 3.63) is 29.3 Å². The zero-order valence-corrected chi connectivity index (χ0v) is 12.3. The summed E-state index contributed by atoms with van der Waals surface area (Å²) in [6.07, 6.45) is 1.31. The Labute approximate surface area is 119 Å². The monoisotopic (exact) mass is 277 g/mol. The van der Waals surface area contributed by atoms with Gasteiger partial charge in [-0.3, -0.25) is 9.59 Å². The lowest BCUT2D eigenvalue weighted by molar-refractivity contribution is -0.117. The van der Waals surface area contributed by atoms with Gasteiger partial charge in [0.2, 0.25) is 5.91 Å². The summed E-state index contributed by atoms with van der Waals surface area (Å²) in [6.45, 7) is 4.40. The quantitative estimate of drug-likeness (QED) is 0.739. The van der Waals surface area contributed by atoms with Gasteiger partial charge in [-0.25, -0.2) is 0 Å². The first kappa shape index (κ1) is 16.2. The third-order valence-corrected chi connectivity index (χ3v) is 3.37. The molecule has 1 aromatic carbocycles. The lowest BCUT2D eigenvalue weighted by atomic mass is 10.0. The van der Waals surface area contributed by atoms with E-state index in [1.54, 1.807) is 25.2 Å². The molecule has 4 N–H and O–H groups in total. The lowest BCUT2D eigenvalue weighted by Gasteiger charge is -2.13. The molecule has 1 rings (SSSR count). The zero-order chi connectivity index (χ0) is 15.1. The molecule has 2 amide bonds. The molecule has 0 aliphatic heterocycles. The van der Waals surface area contributed by atoms with Gasteiger partial charge in [-0.2, -0.15) is 0 Å². The molecular weight excluding hydrogens is 254 g/mol. The van der Waals surface area contributed by atoms with Crippen LogP contribution in [-0.2, 0) is 4.79 Å². The van der Waals surface area contributed by atoms with E-state index >= 15 is 0 Å². The molecule has 0 aliphatic rings. The van der Waals surface area contributed by atoms with Gasteiger partial charge in [0, 0.05) is 24.7 Å². The van der Waals surface area contributed by atoms with Crippen molar-refractivity contribution in [2.75, 3.05) is 18.9 Å². The number of amides is 2. The number of anilines is 1. The number of nitrogens with one attached hydrogen (secondary N) is 2. The SMILES string of the molecule is CCC(CN)CC(=O)Nc1ccc(C(=O)NC)cc1C. The molecule has 20 heavy (non-hydrogen) atoms. The van der Waals surface area contributed by atoms with Crippen LogP contribution in [0.4, 0.5) is 5.69 Å². The van der Waals surface area contributed by atoms with E-state index in [0.29, 0.717) is 18.5 Å². The van der Waals surface area contributed by atoms with Gasteiger partial charge in [-0.1, -0.05) is 13.3 Å². The fraction of sp³-hybridized carbons (Fsp3) is 0.467. The Morgan fingerprint density at radius 2 is 2.05 bits per heavy atom. The second kappa shape index (κ2) is 7.65. The predicted octanol–water partition coefficient (Wildman–Crippen LogP) is 1.67. The van der Waals surface area contributed by atoms with E-state index in [9.17, 15) is 9.59 Å². The van der Waals surface area contributed by atoms with E-state index in [1.807, 2.05) is 13.8 Å². The number of aryl methyl sites for hydroxylation is 1. The highest BCUT2D eigenvalue weighted by Gasteiger charge is 2.12. The molecule has 0 aromatic heterocycles. The summed E-state index contributed by atoms with van der Waals surface area (Å²) >= 11 is 0. The summed E-state index contributed by atoms with van der Waals surface area (Å²) in [7, 11) is 1.59. The van der Waals surface area contributed by atoms with Crippen molar-refractivity contribution in [1.82, 2.24) is 5.32 Å². The Bertz CT molecular complexity index is 482. The van der Waals surface area contributed by atoms with Gasteiger partial charge in [-0.15, -0.1) is 0 Å². The Hall–Kier alpha value is -1.88. The van der Waals surface area contributed by atoms with Crippen LogP contribution in [-0.4, -0.2) is 25.4 Å². The Balaban J connectivity index is 2.73. The zero-order valence-electron chi connectivity index (χ0n) is 12.3. The number of hydrogen-bond donors (Lipinski definition) is 3. The van der Waals surface area contributed by atoms with Crippen LogP contribution in [0.3, 0.4) is 0 Å². The van der Waals surface area contributed by atoms with E-state index in [2.05, 4.69) is 10.6 Å². The normalized spacial score (nSPS) is 11.8. The van der Waals surface area contributed by atoms with E-state index in [-0.39, 0.29) is 17.7 Å². The summed E-state index contributed by atoms with van der Waals surface area (Å²) in [6, 6.07) is 5.21. The third-order valence-electron chi connectivity index (χ3n) is 3.37. The molecule has 0 saturated heterocycles. The highest BCUT2D eigenvalue weighted by molar-refractivity contribution is 5.96. The molecule has 1 unspecified atom stereocenters. The molecule has 5 nitrogen and oxygen atoms in total. The molecule has 0 fully saturated rings. The van der Waals surface area contributed by atoms with Crippen LogP contribution in [0.1, 0.15) is 35.7 Å². The highest BCUT2D eigenvalue weighted by Crippen LogP contribution is 2.18. The molecule has 110 valence electrons. The van der Waals surface area contributed by atoms with Gasteiger partial charge >= 0.3 is 0 Å². The predicted molar refractivity (Wildman–Crippen MR) is 80.7 cm³/mol. The molecule has 0 heterocycles. The van der Waals surface area contributed by atoms with Gasteiger partial charge < -0.3 is 16.4 Å². The molecular formula is C15H23N3O2. The largest absolute Gasteiger partial charge is 0.355 e. The summed E-state index contributed by atoms with van der Waals surface area (Å²) < 4.78 is 0. The standard InChI is InChI=1S/C15H23N3O2/c1-4-11(9-16)8-14(19)18-13-6-5-12(7-10(13)2)15(20)17-3/h5-7,11H,4,8-9,16H2,1-3H3,(H,17,20)(H,18,19). The summed E-state index contributed by atoms with van der Waals surface area (Å²) in [4.78, 5) is 23.4. The maximum absolute atomic E-state index is 11.9. The van der Waals surface area contributed by atoms with Crippen LogP contribution in [0.5, 0.6) is 0 Å². The van der Waals surface area contributed by atoms with Crippen molar-refractivity contribution in [3.8, 4) is 0 Å². The first-order chi connectivity index (χ1) is 9.51. The van der Waals surface area contributed by atoms with Gasteiger partial charge in [-0.05, 0) is 43.1 Å². The van der Waals surface area contributed by atoms with Gasteiger partial charge in [0.15, 0.2) is 0 Å². The van der Waals surface area contributed by atoms with Crippen LogP contribution < -0.4 is 16.4 Å². The van der Waals surface area contributed by atoms with E-state index < -0.39 is 0 Å². The Morgan fingerprint density at radius 1 is 1.35 bits per heavy atom. The smallest absolute Gasteiger partial charge is 0.251 e. The van der Waals surface area contributed by atoms with Crippen molar-refractivity contribution in [1.29, 1.82) is 0 Å². The van der Waals surface area contributed by atoms with Crippen molar-refractivity contribution < 1.29 is 9.59 Å². The number of nitrogens with two attached hydrogens (primary N) is 1. The first-order valence-electron chi connectivity index (χ1n) is 6.84. The van der Waals surface area contributed by atoms with Crippen LogP contribution in [0.25, 0.3) is 0 Å². The number of benzene rings is 1. The molecule has 0 radical (unpaired) electrons. The second-order valence-corrected chi connectivity index (χ2v) is 4.87. The first-order valence-corrected chi connectivity index (χ1v) is 6.84.